The molecule has 3 rings (SSSR count). The molecule has 1 saturated carbocycles. The number of hydrogen-bond acceptors (Lipinski definition) is 5. The van der Waals surface area contributed by atoms with Crippen LogP contribution in [0.5, 0.6) is 0 Å². The molecule has 3 amide bonds. The number of alkyl carbamates (subject to hydrolysis) is 1. The van der Waals surface area contributed by atoms with Gasteiger partial charge in [0.1, 0.15) is 0 Å². The Kier molecular flexibility index (Phi) is 11.8. The van der Waals surface area contributed by atoms with Gasteiger partial charge in [0.05, 0.1) is 19.8 Å². The van der Waals surface area contributed by atoms with Gasteiger partial charge in [0, 0.05) is 38.1 Å². The highest BCUT2D eigenvalue weighted by atomic mass is 16.5. The average molecular weight is 503 g/mol. The van der Waals surface area contributed by atoms with E-state index in [1.807, 2.05) is 30.1 Å². The van der Waals surface area contributed by atoms with Crippen molar-refractivity contribution in [1.82, 2.24) is 20.9 Å². The summed E-state index contributed by atoms with van der Waals surface area (Å²) in [4.78, 5) is 26.8. The number of likely N-dealkylation sites (N-methyl/N-ethyl adjacent to an activating group) is 1. The minimum absolute atomic E-state index is 0.0294. The Labute approximate surface area is 216 Å². The van der Waals surface area contributed by atoms with Crippen LogP contribution in [0, 0.1) is 17.8 Å². The van der Waals surface area contributed by atoms with Crippen molar-refractivity contribution in [3.63, 3.8) is 0 Å². The summed E-state index contributed by atoms with van der Waals surface area (Å²) in [5.74, 6) is 1.31. The molecule has 0 bridgehead atoms. The zero-order valence-corrected chi connectivity index (χ0v) is 22.3. The number of hydrogen-bond donors (Lipinski definition) is 3. The molecule has 8 nitrogen and oxygen atoms in total. The standard InChI is InChI=1S/C28H46N4O4/c1-21(22-11-6-4-7-12-22)25(19-29-2)31-27(33)32-17-10-15-24(20-32)26(23-13-8-5-9-14-23)36-18-16-30-28(34)35-3/h5,8-9,13-14,21-22,24-26,29H,4,6-7,10-12,15-20H2,1-3H3,(H,30,34)(H,31,33)/t21-,24+,25+,26-/m0/s1. The van der Waals surface area contributed by atoms with E-state index < -0.39 is 6.09 Å². The quantitative estimate of drug-likeness (QED) is 0.392. The lowest BCUT2D eigenvalue weighted by Crippen LogP contribution is -2.54. The number of likely N-dealkylation sites (tertiary alicyclic amines) is 1. The summed E-state index contributed by atoms with van der Waals surface area (Å²) in [5, 5.41) is 9.34. The van der Waals surface area contributed by atoms with E-state index in [1.54, 1.807) is 0 Å². The number of amides is 3. The summed E-state index contributed by atoms with van der Waals surface area (Å²) >= 11 is 0. The smallest absolute Gasteiger partial charge is 0.406 e. The molecular weight excluding hydrogens is 456 g/mol. The van der Waals surface area contributed by atoms with Gasteiger partial charge < -0.3 is 30.3 Å². The maximum absolute atomic E-state index is 13.4. The van der Waals surface area contributed by atoms with Crippen molar-refractivity contribution >= 4 is 12.1 Å². The summed E-state index contributed by atoms with van der Waals surface area (Å²) in [5.41, 5.74) is 1.10. The molecule has 1 heterocycles. The topological polar surface area (TPSA) is 91.9 Å². The highest BCUT2D eigenvalue weighted by molar-refractivity contribution is 5.74. The number of carbonyl (C=O) groups excluding carboxylic acids is 2. The molecule has 4 atom stereocenters. The van der Waals surface area contributed by atoms with Crippen molar-refractivity contribution in [2.45, 2.75) is 64.0 Å². The van der Waals surface area contributed by atoms with Crippen LogP contribution in [-0.4, -0.2) is 70.0 Å². The number of carbonyl (C=O) groups is 2. The third-order valence-corrected chi connectivity index (χ3v) is 7.92. The second-order valence-electron chi connectivity index (χ2n) is 10.3. The first-order valence-corrected chi connectivity index (χ1v) is 13.7. The lowest BCUT2D eigenvalue weighted by atomic mass is 9.77. The third-order valence-electron chi connectivity index (χ3n) is 7.92. The number of benzene rings is 1. The Bertz CT molecular complexity index is 787. The van der Waals surface area contributed by atoms with E-state index in [0.29, 0.717) is 31.5 Å². The molecule has 1 aromatic carbocycles. The fourth-order valence-corrected chi connectivity index (χ4v) is 5.83. The molecule has 1 saturated heterocycles. The van der Waals surface area contributed by atoms with E-state index in [2.05, 4.69) is 39.7 Å². The van der Waals surface area contributed by atoms with Crippen LogP contribution in [0.1, 0.15) is 63.5 Å². The van der Waals surface area contributed by atoms with Crippen molar-refractivity contribution in [2.24, 2.45) is 17.8 Å². The third kappa shape index (κ3) is 8.37. The largest absolute Gasteiger partial charge is 0.453 e. The van der Waals surface area contributed by atoms with Crippen LogP contribution in [0.15, 0.2) is 30.3 Å². The first-order chi connectivity index (χ1) is 17.5. The molecule has 0 radical (unpaired) electrons. The zero-order valence-electron chi connectivity index (χ0n) is 22.3. The number of nitrogens with zero attached hydrogens (tertiary/aromatic N) is 1. The SMILES string of the molecule is CNC[C@@H](NC(=O)N1CCC[C@@H]([C@@H](OCCNC(=O)OC)c2ccccc2)C1)[C@@H](C)C1CCCCC1. The van der Waals surface area contributed by atoms with Gasteiger partial charge in [-0.25, -0.2) is 9.59 Å². The number of nitrogens with one attached hydrogen (secondary N) is 3. The lowest BCUT2D eigenvalue weighted by molar-refractivity contribution is -0.00877. The van der Waals surface area contributed by atoms with Crippen molar-refractivity contribution in [2.75, 3.05) is 46.9 Å². The molecule has 8 heteroatoms. The number of rotatable bonds is 11. The molecule has 202 valence electrons. The predicted molar refractivity (Wildman–Crippen MR) is 142 cm³/mol. The van der Waals surface area contributed by atoms with Crippen LogP contribution in [0.4, 0.5) is 9.59 Å². The fraction of sp³-hybridized carbons (Fsp3) is 0.714. The minimum Gasteiger partial charge on any atom is -0.453 e. The highest BCUT2D eigenvalue weighted by Crippen LogP contribution is 2.34. The molecule has 0 unspecified atom stereocenters. The number of piperidine rings is 1. The van der Waals surface area contributed by atoms with Gasteiger partial charge >= 0.3 is 12.1 Å². The number of urea groups is 1. The van der Waals surface area contributed by atoms with Crippen molar-refractivity contribution < 1.29 is 19.1 Å². The average Bonchev–Trinajstić information content (AvgIpc) is 2.93. The molecule has 2 aliphatic rings. The van der Waals surface area contributed by atoms with Gasteiger partial charge in [-0.3, -0.25) is 0 Å². The summed E-state index contributed by atoms with van der Waals surface area (Å²) in [6.07, 6.45) is 7.81. The van der Waals surface area contributed by atoms with Crippen LogP contribution in [0.2, 0.25) is 0 Å². The molecule has 36 heavy (non-hydrogen) atoms. The maximum atomic E-state index is 13.4. The van der Waals surface area contributed by atoms with Crippen molar-refractivity contribution in [3.8, 4) is 0 Å². The maximum Gasteiger partial charge on any atom is 0.406 e. The second-order valence-corrected chi connectivity index (χ2v) is 10.3. The molecule has 2 fully saturated rings. The molecule has 1 aliphatic carbocycles. The molecular formula is C28H46N4O4. The van der Waals surface area contributed by atoms with Crippen LogP contribution >= 0.6 is 0 Å². The van der Waals surface area contributed by atoms with Gasteiger partial charge in [0.15, 0.2) is 0 Å². The van der Waals surface area contributed by atoms with Crippen LogP contribution in [0.3, 0.4) is 0 Å². The highest BCUT2D eigenvalue weighted by Gasteiger charge is 2.33. The van der Waals surface area contributed by atoms with Crippen LogP contribution < -0.4 is 16.0 Å². The number of ether oxygens (including phenoxy) is 2. The van der Waals surface area contributed by atoms with E-state index in [4.69, 9.17) is 4.74 Å². The summed E-state index contributed by atoms with van der Waals surface area (Å²) in [6.45, 7) is 5.25. The second kappa shape index (κ2) is 15.1. The van der Waals surface area contributed by atoms with E-state index in [1.165, 1.54) is 39.2 Å². The van der Waals surface area contributed by atoms with E-state index in [9.17, 15) is 9.59 Å². The summed E-state index contributed by atoms with van der Waals surface area (Å²) in [7, 11) is 3.31. The van der Waals surface area contributed by atoms with E-state index >= 15 is 0 Å². The predicted octanol–water partition coefficient (Wildman–Crippen LogP) is 4.33. The van der Waals surface area contributed by atoms with Gasteiger partial charge in [0.2, 0.25) is 0 Å². The lowest BCUT2D eigenvalue weighted by Gasteiger charge is -2.39. The van der Waals surface area contributed by atoms with E-state index in [-0.39, 0.29) is 24.1 Å². The fourth-order valence-electron chi connectivity index (χ4n) is 5.83. The van der Waals surface area contributed by atoms with Gasteiger partial charge in [-0.15, -0.1) is 0 Å². The molecule has 3 N–H and O–H groups in total. The van der Waals surface area contributed by atoms with Gasteiger partial charge in [0.25, 0.3) is 0 Å². The Morgan fingerprint density at radius 1 is 1.06 bits per heavy atom. The Morgan fingerprint density at radius 3 is 2.47 bits per heavy atom. The van der Waals surface area contributed by atoms with Crippen LogP contribution in [0.25, 0.3) is 0 Å². The van der Waals surface area contributed by atoms with Crippen LogP contribution in [-0.2, 0) is 9.47 Å². The minimum atomic E-state index is -0.464. The monoisotopic (exact) mass is 502 g/mol. The van der Waals surface area contributed by atoms with Crippen molar-refractivity contribution in [1.29, 1.82) is 0 Å². The molecule has 1 aliphatic heterocycles. The van der Waals surface area contributed by atoms with Gasteiger partial charge in [-0.05, 0) is 37.3 Å². The number of methoxy groups -OCH3 is 1. The Hall–Kier alpha value is -2.32. The first-order valence-electron chi connectivity index (χ1n) is 13.7. The van der Waals surface area contributed by atoms with E-state index in [0.717, 1.165) is 31.5 Å². The Morgan fingerprint density at radius 2 is 1.78 bits per heavy atom. The van der Waals surface area contributed by atoms with Crippen molar-refractivity contribution in [3.05, 3.63) is 35.9 Å². The molecule has 1 aromatic rings. The molecule has 0 aromatic heterocycles. The van der Waals surface area contributed by atoms with Gasteiger partial charge in [-0.1, -0.05) is 69.4 Å². The Balaban J connectivity index is 1.62. The molecule has 0 spiro atoms. The first kappa shape index (κ1) is 28.3. The van der Waals surface area contributed by atoms with Gasteiger partial charge in [-0.2, -0.15) is 0 Å². The summed E-state index contributed by atoms with van der Waals surface area (Å²) < 4.78 is 10.9. The normalized spacial score (nSPS) is 21.3. The summed E-state index contributed by atoms with van der Waals surface area (Å²) in [6, 6.07) is 10.3. The zero-order chi connectivity index (χ0) is 25.8.